The number of amides is 2. The van der Waals surface area contributed by atoms with Gasteiger partial charge >= 0.3 is 0 Å². The highest BCUT2D eigenvalue weighted by atomic mass is 79.9. The lowest BCUT2D eigenvalue weighted by molar-refractivity contribution is -0.122. The minimum atomic E-state index is -0.850. The molecule has 2 amide bonds. The van der Waals surface area contributed by atoms with Crippen LogP contribution in [0.5, 0.6) is 0 Å². The molecule has 2 aliphatic heterocycles. The Bertz CT molecular complexity index is 1410. The molecule has 0 saturated carbocycles. The first-order valence-electron chi connectivity index (χ1n) is 10.0. The predicted molar refractivity (Wildman–Crippen MR) is 135 cm³/mol. The minimum Gasteiger partial charge on any atom is -0.460 e. The summed E-state index contributed by atoms with van der Waals surface area (Å²) in [6.07, 6.45) is 0. The standard InChI is InChI=1S/C24H14BrCl2N3O3S/c25-11-1-4-13(5-2-11)30-23(31)20-19(15(10-28)22(29)34-21(20)24(30)32)18-8-7-17(33-18)14-9-12(26)3-6-16(14)27/h1-9,19-21H,29H2/t19-,20+,21-/m0/s1. The number of furan rings is 1. The van der Waals surface area contributed by atoms with E-state index in [9.17, 15) is 14.9 Å². The van der Waals surface area contributed by atoms with Crippen LogP contribution >= 0.6 is 50.9 Å². The molecule has 34 heavy (non-hydrogen) atoms. The number of nitrogens with two attached hydrogens (primary N) is 1. The summed E-state index contributed by atoms with van der Waals surface area (Å²) in [5.74, 6) is -1.68. The maximum Gasteiger partial charge on any atom is 0.248 e. The Morgan fingerprint density at radius 3 is 2.50 bits per heavy atom. The number of nitriles is 1. The van der Waals surface area contributed by atoms with E-state index in [4.69, 9.17) is 33.4 Å². The third kappa shape index (κ3) is 3.73. The molecule has 3 atom stereocenters. The Balaban J connectivity index is 1.59. The zero-order valence-electron chi connectivity index (χ0n) is 17.2. The van der Waals surface area contributed by atoms with Crippen LogP contribution in [0.25, 0.3) is 11.3 Å². The molecular formula is C24H14BrCl2N3O3S. The average Bonchev–Trinajstić information content (AvgIpc) is 3.39. The Morgan fingerprint density at radius 1 is 1.06 bits per heavy atom. The van der Waals surface area contributed by atoms with Gasteiger partial charge in [-0.1, -0.05) is 50.9 Å². The number of halogens is 3. The lowest BCUT2D eigenvalue weighted by atomic mass is 9.82. The van der Waals surface area contributed by atoms with Crippen LogP contribution < -0.4 is 10.6 Å². The zero-order chi connectivity index (χ0) is 24.1. The molecule has 2 aromatic carbocycles. The van der Waals surface area contributed by atoms with Gasteiger partial charge in [0.1, 0.15) is 16.8 Å². The summed E-state index contributed by atoms with van der Waals surface area (Å²) < 4.78 is 6.91. The van der Waals surface area contributed by atoms with Crippen molar-refractivity contribution in [3.8, 4) is 17.4 Å². The molecule has 2 aliphatic rings. The van der Waals surface area contributed by atoms with E-state index in [1.165, 1.54) is 0 Å². The van der Waals surface area contributed by atoms with Gasteiger partial charge in [0.05, 0.1) is 39.2 Å². The number of nitrogens with zero attached hydrogens (tertiary/aromatic N) is 2. The van der Waals surface area contributed by atoms with Crippen LogP contribution in [-0.4, -0.2) is 17.1 Å². The van der Waals surface area contributed by atoms with E-state index in [0.29, 0.717) is 32.8 Å². The highest BCUT2D eigenvalue weighted by Crippen LogP contribution is 2.51. The SMILES string of the molecule is N#CC1=C(N)S[C@@H]2C(=O)N(c3ccc(Br)cc3)C(=O)[C@@H]2[C@@H]1c1ccc(-c2cc(Cl)ccc2Cl)o1. The van der Waals surface area contributed by atoms with Gasteiger partial charge in [-0.25, -0.2) is 4.90 Å². The van der Waals surface area contributed by atoms with Crippen molar-refractivity contribution in [2.75, 3.05) is 4.90 Å². The number of allylic oxidation sites excluding steroid dienone is 1. The summed E-state index contributed by atoms with van der Waals surface area (Å²) in [5.41, 5.74) is 7.42. The second-order valence-electron chi connectivity index (χ2n) is 7.75. The molecule has 2 N–H and O–H groups in total. The van der Waals surface area contributed by atoms with Gasteiger partial charge in [0, 0.05) is 15.1 Å². The van der Waals surface area contributed by atoms with Crippen molar-refractivity contribution >= 4 is 68.4 Å². The second kappa shape index (κ2) is 8.82. The Morgan fingerprint density at radius 2 is 1.79 bits per heavy atom. The van der Waals surface area contributed by atoms with E-state index in [1.807, 2.05) is 0 Å². The maximum atomic E-state index is 13.6. The first-order chi connectivity index (χ1) is 16.3. The quantitative estimate of drug-likeness (QED) is 0.379. The van der Waals surface area contributed by atoms with E-state index in [-0.39, 0.29) is 16.5 Å². The maximum absolute atomic E-state index is 13.6. The number of thioether (sulfide) groups is 1. The largest absolute Gasteiger partial charge is 0.460 e. The van der Waals surface area contributed by atoms with E-state index in [0.717, 1.165) is 21.1 Å². The molecule has 3 heterocycles. The molecule has 0 radical (unpaired) electrons. The van der Waals surface area contributed by atoms with E-state index < -0.39 is 23.0 Å². The van der Waals surface area contributed by atoms with Crippen molar-refractivity contribution in [1.29, 1.82) is 5.26 Å². The second-order valence-corrected chi connectivity index (χ2v) is 10.7. The summed E-state index contributed by atoms with van der Waals surface area (Å²) in [7, 11) is 0. The molecule has 10 heteroatoms. The third-order valence-electron chi connectivity index (χ3n) is 5.82. The summed E-state index contributed by atoms with van der Waals surface area (Å²) >= 11 is 16.8. The molecule has 0 spiro atoms. The fraction of sp³-hybridized carbons (Fsp3) is 0.125. The molecule has 1 fully saturated rings. The van der Waals surface area contributed by atoms with Gasteiger partial charge in [-0.2, -0.15) is 5.26 Å². The van der Waals surface area contributed by atoms with Gasteiger partial charge in [-0.05, 0) is 54.6 Å². The zero-order valence-corrected chi connectivity index (χ0v) is 21.1. The summed E-state index contributed by atoms with van der Waals surface area (Å²) in [5, 5.41) is 10.2. The van der Waals surface area contributed by atoms with Crippen LogP contribution in [0, 0.1) is 17.2 Å². The molecule has 0 bridgehead atoms. The minimum absolute atomic E-state index is 0.197. The van der Waals surface area contributed by atoms with Gasteiger partial charge in [0.15, 0.2) is 0 Å². The van der Waals surface area contributed by atoms with Crippen LogP contribution in [-0.2, 0) is 9.59 Å². The van der Waals surface area contributed by atoms with Gasteiger partial charge < -0.3 is 10.2 Å². The lowest BCUT2D eigenvalue weighted by Gasteiger charge is -2.28. The molecule has 0 unspecified atom stereocenters. The van der Waals surface area contributed by atoms with Gasteiger partial charge in [0.2, 0.25) is 11.8 Å². The van der Waals surface area contributed by atoms with E-state index in [1.54, 1.807) is 54.6 Å². The summed E-state index contributed by atoms with van der Waals surface area (Å²) in [6, 6.07) is 17.4. The first-order valence-corrected chi connectivity index (χ1v) is 12.5. The number of carbonyl (C=O) groups excluding carboxylic acids is 2. The highest BCUT2D eigenvalue weighted by molar-refractivity contribution is 9.10. The van der Waals surface area contributed by atoms with Crippen LogP contribution in [0.3, 0.4) is 0 Å². The fourth-order valence-corrected chi connectivity index (χ4v) is 6.13. The Kier molecular flexibility index (Phi) is 5.98. The number of fused-ring (bicyclic) bond motifs is 1. The normalized spacial score (nSPS) is 22.2. The Labute approximate surface area is 217 Å². The average molecular weight is 575 g/mol. The molecule has 1 aromatic heterocycles. The first kappa shape index (κ1) is 23.1. The van der Waals surface area contributed by atoms with Crippen LogP contribution in [0.15, 0.2) is 74.1 Å². The third-order valence-corrected chi connectivity index (χ3v) is 8.13. The number of hydrogen-bond acceptors (Lipinski definition) is 6. The number of benzene rings is 2. The Hall–Kier alpha value is -2.70. The topological polar surface area (TPSA) is 100 Å². The van der Waals surface area contributed by atoms with E-state index >= 15 is 0 Å². The number of rotatable bonds is 3. The lowest BCUT2D eigenvalue weighted by Crippen LogP contribution is -2.33. The van der Waals surface area contributed by atoms with Crippen LogP contribution in [0.4, 0.5) is 5.69 Å². The number of anilines is 1. The van der Waals surface area contributed by atoms with Crippen molar-refractivity contribution in [2.45, 2.75) is 11.2 Å². The fourth-order valence-electron chi connectivity index (χ4n) is 4.28. The summed E-state index contributed by atoms with van der Waals surface area (Å²) in [4.78, 5) is 28.1. The van der Waals surface area contributed by atoms with Crippen molar-refractivity contribution in [3.05, 3.63) is 85.5 Å². The van der Waals surface area contributed by atoms with Gasteiger partial charge in [0.25, 0.3) is 0 Å². The van der Waals surface area contributed by atoms with Crippen LogP contribution in [0.2, 0.25) is 10.0 Å². The molecule has 170 valence electrons. The molecular weight excluding hydrogens is 561 g/mol. The smallest absolute Gasteiger partial charge is 0.248 e. The molecule has 5 rings (SSSR count). The molecule has 0 aliphatic carbocycles. The molecule has 3 aromatic rings. The van der Waals surface area contributed by atoms with Crippen molar-refractivity contribution in [3.63, 3.8) is 0 Å². The summed E-state index contributed by atoms with van der Waals surface area (Å²) in [6.45, 7) is 0. The van der Waals surface area contributed by atoms with E-state index in [2.05, 4.69) is 22.0 Å². The van der Waals surface area contributed by atoms with Gasteiger partial charge in [-0.3, -0.25) is 9.59 Å². The number of hydrogen-bond donors (Lipinski definition) is 1. The van der Waals surface area contributed by atoms with Crippen LogP contribution in [0.1, 0.15) is 11.7 Å². The van der Waals surface area contributed by atoms with Crippen molar-refractivity contribution in [1.82, 2.24) is 0 Å². The molecule has 6 nitrogen and oxygen atoms in total. The molecule has 1 saturated heterocycles. The number of carbonyl (C=O) groups is 2. The van der Waals surface area contributed by atoms with Crippen molar-refractivity contribution < 1.29 is 14.0 Å². The number of imide groups is 1. The van der Waals surface area contributed by atoms with Gasteiger partial charge in [-0.15, -0.1) is 0 Å². The highest BCUT2D eigenvalue weighted by Gasteiger charge is 2.57. The van der Waals surface area contributed by atoms with Crippen molar-refractivity contribution in [2.24, 2.45) is 11.7 Å². The monoisotopic (exact) mass is 573 g/mol. The predicted octanol–water partition coefficient (Wildman–Crippen LogP) is 6.10.